The van der Waals surface area contributed by atoms with Crippen molar-refractivity contribution in [2.75, 3.05) is 6.54 Å². The summed E-state index contributed by atoms with van der Waals surface area (Å²) in [5.41, 5.74) is 0.691. The van der Waals surface area contributed by atoms with Gasteiger partial charge < -0.3 is 5.32 Å². The Hall–Kier alpha value is -0.670. The molecule has 1 aliphatic rings. The lowest BCUT2D eigenvalue weighted by molar-refractivity contribution is 0.0174. The number of alkyl halides is 2. The first kappa shape index (κ1) is 12.8. The van der Waals surface area contributed by atoms with E-state index in [4.69, 9.17) is 11.6 Å². The van der Waals surface area contributed by atoms with Crippen LogP contribution in [0.5, 0.6) is 0 Å². The van der Waals surface area contributed by atoms with E-state index in [2.05, 4.69) is 12.2 Å². The summed E-state index contributed by atoms with van der Waals surface area (Å²) in [4.78, 5) is 0. The zero-order valence-corrected chi connectivity index (χ0v) is 10.7. The van der Waals surface area contributed by atoms with E-state index >= 15 is 0 Å². The molecule has 1 N–H and O–H groups in total. The van der Waals surface area contributed by atoms with Gasteiger partial charge in [0, 0.05) is 23.0 Å². The fraction of sp³-hybridized carbons (Fsp3) is 0.538. The molecular formula is C13H16ClF2N. The molecule has 94 valence electrons. The summed E-state index contributed by atoms with van der Waals surface area (Å²) in [5.74, 6) is -2.84. The maximum Gasteiger partial charge on any atom is 0.270 e. The average Bonchev–Trinajstić information content (AvgIpc) is 2.64. The van der Waals surface area contributed by atoms with Crippen LogP contribution >= 0.6 is 11.6 Å². The van der Waals surface area contributed by atoms with Gasteiger partial charge in [-0.15, -0.1) is 0 Å². The highest BCUT2D eigenvalue weighted by molar-refractivity contribution is 6.31. The summed E-state index contributed by atoms with van der Waals surface area (Å²) in [6.45, 7) is 3.89. The van der Waals surface area contributed by atoms with Crippen molar-refractivity contribution in [2.24, 2.45) is 0 Å². The van der Waals surface area contributed by atoms with Crippen molar-refractivity contribution in [2.45, 2.75) is 38.2 Å². The van der Waals surface area contributed by atoms with Gasteiger partial charge in [-0.3, -0.25) is 0 Å². The van der Waals surface area contributed by atoms with Gasteiger partial charge in [-0.2, -0.15) is 0 Å². The smallest absolute Gasteiger partial charge is 0.270 e. The highest BCUT2D eigenvalue weighted by atomic mass is 35.5. The minimum absolute atomic E-state index is 0.0344. The molecule has 0 radical (unpaired) electrons. The summed E-state index contributed by atoms with van der Waals surface area (Å²) in [6.07, 6.45) is 2.06. The maximum atomic E-state index is 13.2. The van der Waals surface area contributed by atoms with E-state index in [1.165, 1.54) is 12.1 Å². The van der Waals surface area contributed by atoms with E-state index in [0.29, 0.717) is 5.02 Å². The molecule has 1 heterocycles. The molecule has 0 saturated carbocycles. The van der Waals surface area contributed by atoms with Gasteiger partial charge in [-0.25, -0.2) is 8.78 Å². The van der Waals surface area contributed by atoms with Crippen LogP contribution in [0, 0.1) is 0 Å². The lowest BCUT2D eigenvalue weighted by atomic mass is 9.89. The first-order chi connectivity index (χ1) is 7.83. The van der Waals surface area contributed by atoms with E-state index in [9.17, 15) is 8.78 Å². The summed E-state index contributed by atoms with van der Waals surface area (Å²) in [5, 5.41) is 3.79. The molecule has 0 amide bonds. The van der Waals surface area contributed by atoms with Crippen molar-refractivity contribution >= 4 is 11.6 Å². The van der Waals surface area contributed by atoms with Gasteiger partial charge in [0.15, 0.2) is 0 Å². The summed E-state index contributed by atoms with van der Waals surface area (Å²) in [7, 11) is 0. The zero-order valence-electron chi connectivity index (χ0n) is 9.99. The fourth-order valence-corrected chi connectivity index (χ4v) is 2.75. The second kappa shape index (κ2) is 4.21. The number of hydrogen-bond acceptors (Lipinski definition) is 1. The Bertz CT molecular complexity index is 420. The SMILES string of the molecule is CC(F)(F)c1ccc(C2(C)CCCN2)c(Cl)c1. The highest BCUT2D eigenvalue weighted by Crippen LogP contribution is 2.37. The zero-order chi connectivity index (χ0) is 12.7. The van der Waals surface area contributed by atoms with E-state index in [1.54, 1.807) is 6.07 Å². The van der Waals surface area contributed by atoms with Gasteiger partial charge in [0.2, 0.25) is 0 Å². The largest absolute Gasteiger partial charge is 0.308 e. The molecular weight excluding hydrogens is 244 g/mol. The summed E-state index contributed by atoms with van der Waals surface area (Å²) >= 11 is 6.13. The van der Waals surface area contributed by atoms with Gasteiger partial charge in [-0.1, -0.05) is 23.7 Å². The van der Waals surface area contributed by atoms with E-state index < -0.39 is 5.92 Å². The molecule has 1 nitrogen and oxygen atoms in total. The number of benzene rings is 1. The molecule has 1 saturated heterocycles. The van der Waals surface area contributed by atoms with Crippen LogP contribution in [0.4, 0.5) is 8.78 Å². The van der Waals surface area contributed by atoms with Crippen LogP contribution in [0.2, 0.25) is 5.02 Å². The Morgan fingerprint density at radius 1 is 1.41 bits per heavy atom. The van der Waals surface area contributed by atoms with Gasteiger partial charge >= 0.3 is 0 Å². The van der Waals surface area contributed by atoms with Crippen LogP contribution in [0.3, 0.4) is 0 Å². The van der Waals surface area contributed by atoms with Crippen molar-refractivity contribution in [3.8, 4) is 0 Å². The molecule has 2 rings (SSSR count). The topological polar surface area (TPSA) is 12.0 Å². The molecule has 0 bridgehead atoms. The third kappa shape index (κ3) is 2.45. The van der Waals surface area contributed by atoms with Gasteiger partial charge in [-0.05, 0) is 37.9 Å². The molecule has 17 heavy (non-hydrogen) atoms. The minimum atomic E-state index is -2.84. The number of halogens is 3. The third-order valence-corrected chi connectivity index (χ3v) is 3.75. The number of nitrogens with one attached hydrogen (secondary N) is 1. The Labute approximate surface area is 105 Å². The van der Waals surface area contributed by atoms with Crippen LogP contribution in [-0.2, 0) is 11.5 Å². The van der Waals surface area contributed by atoms with E-state index in [-0.39, 0.29) is 11.1 Å². The van der Waals surface area contributed by atoms with Crippen LogP contribution in [0.25, 0.3) is 0 Å². The maximum absolute atomic E-state index is 13.2. The van der Waals surface area contributed by atoms with Gasteiger partial charge in [0.25, 0.3) is 5.92 Å². The van der Waals surface area contributed by atoms with Crippen molar-refractivity contribution in [3.63, 3.8) is 0 Å². The van der Waals surface area contributed by atoms with Crippen molar-refractivity contribution in [1.82, 2.24) is 5.32 Å². The summed E-state index contributed by atoms with van der Waals surface area (Å²) in [6, 6.07) is 4.56. The molecule has 1 atom stereocenters. The molecule has 0 spiro atoms. The van der Waals surface area contributed by atoms with Crippen molar-refractivity contribution < 1.29 is 8.78 Å². The Balaban J connectivity index is 2.38. The van der Waals surface area contributed by atoms with E-state index in [0.717, 1.165) is 31.9 Å². The third-order valence-electron chi connectivity index (χ3n) is 3.44. The van der Waals surface area contributed by atoms with Crippen LogP contribution < -0.4 is 5.32 Å². The Morgan fingerprint density at radius 3 is 2.59 bits per heavy atom. The molecule has 1 aromatic carbocycles. The Morgan fingerprint density at radius 2 is 2.12 bits per heavy atom. The van der Waals surface area contributed by atoms with Crippen LogP contribution in [-0.4, -0.2) is 6.54 Å². The van der Waals surface area contributed by atoms with E-state index in [1.807, 2.05) is 0 Å². The molecule has 1 aromatic rings. The first-order valence-electron chi connectivity index (χ1n) is 5.76. The predicted octanol–water partition coefficient (Wildman–Crippen LogP) is 4.05. The van der Waals surface area contributed by atoms with Crippen molar-refractivity contribution in [1.29, 1.82) is 0 Å². The number of hydrogen-bond donors (Lipinski definition) is 1. The molecule has 1 aliphatic heterocycles. The lowest BCUT2D eigenvalue weighted by Crippen LogP contribution is -2.33. The van der Waals surface area contributed by atoms with Gasteiger partial charge in [0.05, 0.1) is 0 Å². The van der Waals surface area contributed by atoms with Crippen LogP contribution in [0.15, 0.2) is 18.2 Å². The molecule has 1 unspecified atom stereocenters. The van der Waals surface area contributed by atoms with Crippen molar-refractivity contribution in [3.05, 3.63) is 34.3 Å². The normalized spacial score (nSPS) is 25.2. The molecule has 0 aromatic heterocycles. The second-order valence-corrected chi connectivity index (χ2v) is 5.35. The number of rotatable bonds is 2. The highest BCUT2D eigenvalue weighted by Gasteiger charge is 2.33. The molecule has 0 aliphatic carbocycles. The average molecular weight is 260 g/mol. The molecule has 1 fully saturated rings. The summed E-state index contributed by atoms with van der Waals surface area (Å²) < 4.78 is 26.3. The Kier molecular flexibility index (Phi) is 3.17. The second-order valence-electron chi connectivity index (χ2n) is 4.95. The monoisotopic (exact) mass is 259 g/mol. The minimum Gasteiger partial charge on any atom is -0.308 e. The predicted molar refractivity (Wildman–Crippen MR) is 65.6 cm³/mol. The van der Waals surface area contributed by atoms with Crippen LogP contribution in [0.1, 0.15) is 37.8 Å². The quantitative estimate of drug-likeness (QED) is 0.845. The van der Waals surface area contributed by atoms with Gasteiger partial charge in [0.1, 0.15) is 0 Å². The first-order valence-corrected chi connectivity index (χ1v) is 6.14. The fourth-order valence-electron chi connectivity index (χ4n) is 2.36. The lowest BCUT2D eigenvalue weighted by Gasteiger charge is -2.27. The standard InChI is InChI=1S/C13H16ClF2N/c1-12(6-3-7-17-12)10-5-4-9(8-11(10)14)13(2,15)16/h4-5,8,17H,3,6-7H2,1-2H3. The molecule has 4 heteroatoms.